The van der Waals surface area contributed by atoms with E-state index < -0.39 is 0 Å². The van der Waals surface area contributed by atoms with Crippen LogP contribution in [0, 0.1) is 0 Å². The van der Waals surface area contributed by atoms with E-state index in [1.165, 1.54) is 49.0 Å². The molecule has 1 saturated heterocycles. The van der Waals surface area contributed by atoms with Crippen LogP contribution in [0.1, 0.15) is 36.0 Å². The molecule has 27 heavy (non-hydrogen) atoms. The number of likely N-dealkylation sites (tertiary alicyclic amines) is 1. The van der Waals surface area contributed by atoms with E-state index in [1.807, 2.05) is 13.1 Å². The lowest BCUT2D eigenvalue weighted by Gasteiger charge is -2.27. The Labute approximate surface area is 180 Å². The minimum atomic E-state index is 0. The molecule has 0 saturated carbocycles. The summed E-state index contributed by atoms with van der Waals surface area (Å²) >= 11 is 0. The minimum absolute atomic E-state index is 0. The molecule has 5 heteroatoms. The van der Waals surface area contributed by atoms with Crippen molar-refractivity contribution in [1.29, 1.82) is 0 Å². The molecule has 3 rings (SSSR count). The molecule has 2 aromatic carbocycles. The van der Waals surface area contributed by atoms with Gasteiger partial charge in [0.2, 0.25) is 0 Å². The average molecular weight is 478 g/mol. The Morgan fingerprint density at radius 3 is 2.19 bits per heavy atom. The number of hydrogen-bond acceptors (Lipinski definition) is 2. The van der Waals surface area contributed by atoms with Gasteiger partial charge in [0.25, 0.3) is 0 Å². The van der Waals surface area contributed by atoms with Gasteiger partial charge in [-0.3, -0.25) is 9.89 Å². The lowest BCUT2D eigenvalue weighted by atomic mass is 10.0. The minimum Gasteiger partial charge on any atom is -0.352 e. The van der Waals surface area contributed by atoms with Crippen LogP contribution in [0.5, 0.6) is 0 Å². The average Bonchev–Trinajstić information content (AvgIpc) is 2.71. The van der Waals surface area contributed by atoms with Crippen LogP contribution in [0.4, 0.5) is 0 Å². The standard InChI is InChI=1S/C22H30N4.HI/c1-23-22(24-16-19-10-4-2-5-11-19)25-17-20-12-6-7-13-21(20)18-26-14-8-3-9-15-26;/h2,4-7,10-13H,3,8-9,14-18H2,1H3,(H2,23,24,25);1H. The van der Waals surface area contributed by atoms with Gasteiger partial charge in [-0.05, 0) is 42.6 Å². The number of nitrogens with zero attached hydrogens (tertiary/aromatic N) is 2. The summed E-state index contributed by atoms with van der Waals surface area (Å²) in [7, 11) is 1.82. The fourth-order valence-corrected chi connectivity index (χ4v) is 3.42. The summed E-state index contributed by atoms with van der Waals surface area (Å²) in [6.45, 7) is 5.06. The van der Waals surface area contributed by atoms with Crippen molar-refractivity contribution in [3.63, 3.8) is 0 Å². The molecule has 0 aliphatic carbocycles. The molecule has 0 bridgehead atoms. The third kappa shape index (κ3) is 7.14. The van der Waals surface area contributed by atoms with Crippen LogP contribution < -0.4 is 10.6 Å². The van der Waals surface area contributed by atoms with Gasteiger partial charge in [-0.2, -0.15) is 0 Å². The zero-order valence-electron chi connectivity index (χ0n) is 16.2. The number of nitrogens with one attached hydrogen (secondary N) is 2. The van der Waals surface area contributed by atoms with Crippen molar-refractivity contribution in [1.82, 2.24) is 15.5 Å². The number of benzene rings is 2. The number of halogens is 1. The number of piperidine rings is 1. The zero-order chi connectivity index (χ0) is 18.0. The van der Waals surface area contributed by atoms with E-state index in [2.05, 4.69) is 69.1 Å². The van der Waals surface area contributed by atoms with E-state index >= 15 is 0 Å². The summed E-state index contributed by atoms with van der Waals surface area (Å²) in [4.78, 5) is 6.92. The molecular weight excluding hydrogens is 447 g/mol. The predicted octanol–water partition coefficient (Wildman–Crippen LogP) is 4.16. The van der Waals surface area contributed by atoms with Crippen LogP contribution >= 0.6 is 24.0 Å². The Bertz CT molecular complexity index is 696. The molecule has 2 aromatic rings. The third-order valence-corrected chi connectivity index (χ3v) is 4.93. The number of hydrogen-bond donors (Lipinski definition) is 2. The van der Waals surface area contributed by atoms with E-state index in [1.54, 1.807) is 0 Å². The maximum Gasteiger partial charge on any atom is 0.191 e. The molecule has 1 aliphatic rings. The van der Waals surface area contributed by atoms with Gasteiger partial charge in [-0.15, -0.1) is 24.0 Å². The van der Waals surface area contributed by atoms with Crippen LogP contribution in [0.3, 0.4) is 0 Å². The fraction of sp³-hybridized carbons (Fsp3) is 0.409. The Morgan fingerprint density at radius 2 is 1.48 bits per heavy atom. The van der Waals surface area contributed by atoms with Crippen LogP contribution in [-0.2, 0) is 19.6 Å². The van der Waals surface area contributed by atoms with Crippen LogP contribution in [0.25, 0.3) is 0 Å². The molecular formula is C22H31IN4. The molecule has 1 fully saturated rings. The van der Waals surface area contributed by atoms with Crippen LogP contribution in [0.2, 0.25) is 0 Å². The second-order valence-electron chi connectivity index (χ2n) is 6.87. The highest BCUT2D eigenvalue weighted by molar-refractivity contribution is 14.0. The number of guanidine groups is 1. The highest BCUT2D eigenvalue weighted by atomic mass is 127. The van der Waals surface area contributed by atoms with Crippen molar-refractivity contribution in [3.8, 4) is 0 Å². The molecule has 0 amide bonds. The monoisotopic (exact) mass is 478 g/mol. The first kappa shape index (κ1) is 21.7. The van der Waals surface area contributed by atoms with Crippen LogP contribution in [-0.4, -0.2) is 31.0 Å². The summed E-state index contributed by atoms with van der Waals surface area (Å²) in [6, 6.07) is 19.1. The van der Waals surface area contributed by atoms with Gasteiger partial charge in [0.1, 0.15) is 0 Å². The molecule has 0 aromatic heterocycles. The van der Waals surface area contributed by atoms with Crippen molar-refractivity contribution < 1.29 is 0 Å². The van der Waals surface area contributed by atoms with E-state index in [-0.39, 0.29) is 24.0 Å². The van der Waals surface area contributed by atoms with E-state index in [0.29, 0.717) is 0 Å². The highest BCUT2D eigenvalue weighted by Gasteiger charge is 2.12. The SMILES string of the molecule is CN=C(NCc1ccccc1)NCc1ccccc1CN1CCCCC1.I. The quantitative estimate of drug-likeness (QED) is 0.372. The topological polar surface area (TPSA) is 39.7 Å². The number of aliphatic imine (C=N–C) groups is 1. The first-order valence-corrected chi connectivity index (χ1v) is 9.63. The second kappa shape index (κ2) is 12.0. The molecule has 0 atom stereocenters. The summed E-state index contributed by atoms with van der Waals surface area (Å²) < 4.78 is 0. The van der Waals surface area contributed by atoms with Crippen molar-refractivity contribution in [3.05, 3.63) is 71.3 Å². The van der Waals surface area contributed by atoms with Gasteiger partial charge >= 0.3 is 0 Å². The lowest BCUT2D eigenvalue weighted by Crippen LogP contribution is -2.36. The van der Waals surface area contributed by atoms with E-state index in [9.17, 15) is 0 Å². The smallest absolute Gasteiger partial charge is 0.191 e. The maximum absolute atomic E-state index is 4.35. The normalized spacial score (nSPS) is 15.1. The summed E-state index contributed by atoms with van der Waals surface area (Å²) in [5.41, 5.74) is 4.02. The highest BCUT2D eigenvalue weighted by Crippen LogP contribution is 2.16. The van der Waals surface area contributed by atoms with Gasteiger partial charge in [0.05, 0.1) is 0 Å². The largest absolute Gasteiger partial charge is 0.352 e. The van der Waals surface area contributed by atoms with Crippen molar-refractivity contribution in [2.75, 3.05) is 20.1 Å². The summed E-state index contributed by atoms with van der Waals surface area (Å²) in [5, 5.41) is 6.84. The first-order valence-electron chi connectivity index (χ1n) is 9.63. The van der Waals surface area contributed by atoms with Gasteiger partial charge in [-0.25, -0.2) is 0 Å². The molecule has 1 aliphatic heterocycles. The molecule has 0 radical (unpaired) electrons. The Morgan fingerprint density at radius 1 is 0.852 bits per heavy atom. The second-order valence-corrected chi connectivity index (χ2v) is 6.87. The summed E-state index contributed by atoms with van der Waals surface area (Å²) in [6.07, 6.45) is 4.04. The lowest BCUT2D eigenvalue weighted by molar-refractivity contribution is 0.220. The van der Waals surface area contributed by atoms with Crippen LogP contribution in [0.15, 0.2) is 59.6 Å². The first-order chi connectivity index (χ1) is 12.8. The molecule has 146 valence electrons. The third-order valence-electron chi connectivity index (χ3n) is 4.93. The molecule has 1 heterocycles. The molecule has 0 spiro atoms. The van der Waals surface area contributed by atoms with E-state index in [0.717, 1.165) is 25.6 Å². The van der Waals surface area contributed by atoms with Gasteiger partial charge in [0, 0.05) is 26.7 Å². The predicted molar refractivity (Wildman–Crippen MR) is 124 cm³/mol. The summed E-state index contributed by atoms with van der Waals surface area (Å²) in [5.74, 6) is 0.835. The van der Waals surface area contributed by atoms with Crippen molar-refractivity contribution in [2.24, 2.45) is 4.99 Å². The van der Waals surface area contributed by atoms with Gasteiger partial charge in [0.15, 0.2) is 5.96 Å². The van der Waals surface area contributed by atoms with Gasteiger partial charge in [-0.1, -0.05) is 61.0 Å². The Kier molecular flexibility index (Phi) is 9.62. The number of rotatable bonds is 6. The zero-order valence-corrected chi connectivity index (χ0v) is 18.5. The maximum atomic E-state index is 4.35. The molecule has 2 N–H and O–H groups in total. The van der Waals surface area contributed by atoms with Crippen molar-refractivity contribution >= 4 is 29.9 Å². The Balaban J connectivity index is 0.00000261. The van der Waals surface area contributed by atoms with E-state index in [4.69, 9.17) is 0 Å². The molecule has 0 unspecified atom stereocenters. The molecule has 4 nitrogen and oxygen atoms in total. The van der Waals surface area contributed by atoms with Crippen molar-refractivity contribution in [2.45, 2.75) is 38.9 Å². The van der Waals surface area contributed by atoms with Gasteiger partial charge < -0.3 is 10.6 Å². The Hall–Kier alpha value is -1.60. The fourth-order valence-electron chi connectivity index (χ4n) is 3.42.